The molecule has 0 aliphatic heterocycles. The summed E-state index contributed by atoms with van der Waals surface area (Å²) in [5.41, 5.74) is 1.83. The standard InChI is InChI=1S/C15H19NO/c1-5-15(3,4)16-14(17)10-9-13-8-6-7-12(2)11-13/h1,6-8,11H,9-10H2,2-4H3,(H,16,17). The molecule has 0 saturated carbocycles. The van der Waals surface area contributed by atoms with Crippen LogP contribution in [0.15, 0.2) is 24.3 Å². The van der Waals surface area contributed by atoms with Crippen molar-refractivity contribution in [3.8, 4) is 12.3 Å². The quantitative estimate of drug-likeness (QED) is 0.789. The van der Waals surface area contributed by atoms with Crippen LogP contribution in [0.5, 0.6) is 0 Å². The summed E-state index contributed by atoms with van der Waals surface area (Å²) in [6, 6.07) is 8.19. The summed E-state index contributed by atoms with van der Waals surface area (Å²) < 4.78 is 0. The molecule has 0 radical (unpaired) electrons. The van der Waals surface area contributed by atoms with Crippen LogP contribution in [0.1, 0.15) is 31.4 Å². The van der Waals surface area contributed by atoms with E-state index in [2.05, 4.69) is 17.3 Å². The van der Waals surface area contributed by atoms with Crippen LogP contribution in [-0.2, 0) is 11.2 Å². The molecule has 2 heteroatoms. The van der Waals surface area contributed by atoms with Crippen molar-refractivity contribution in [2.75, 3.05) is 0 Å². The van der Waals surface area contributed by atoms with Crippen molar-refractivity contribution in [3.63, 3.8) is 0 Å². The zero-order valence-corrected chi connectivity index (χ0v) is 10.7. The molecule has 17 heavy (non-hydrogen) atoms. The normalized spacial score (nSPS) is 10.7. The van der Waals surface area contributed by atoms with Crippen LogP contribution >= 0.6 is 0 Å². The van der Waals surface area contributed by atoms with Gasteiger partial charge in [0, 0.05) is 6.42 Å². The third kappa shape index (κ3) is 4.74. The van der Waals surface area contributed by atoms with Crippen LogP contribution in [0.25, 0.3) is 0 Å². The summed E-state index contributed by atoms with van der Waals surface area (Å²) in [6.45, 7) is 5.68. The zero-order valence-electron chi connectivity index (χ0n) is 10.7. The average Bonchev–Trinajstić information content (AvgIpc) is 2.26. The molecular formula is C15H19NO. The van der Waals surface area contributed by atoms with Crippen molar-refractivity contribution < 1.29 is 4.79 Å². The van der Waals surface area contributed by atoms with Crippen LogP contribution in [0.2, 0.25) is 0 Å². The number of amides is 1. The van der Waals surface area contributed by atoms with Gasteiger partial charge in [-0.1, -0.05) is 35.7 Å². The van der Waals surface area contributed by atoms with Crippen molar-refractivity contribution in [1.82, 2.24) is 5.32 Å². The van der Waals surface area contributed by atoms with E-state index in [1.807, 2.05) is 39.0 Å². The molecule has 1 rings (SSSR count). The van der Waals surface area contributed by atoms with E-state index < -0.39 is 5.54 Å². The molecule has 0 unspecified atom stereocenters. The molecule has 0 aliphatic carbocycles. The lowest BCUT2D eigenvalue weighted by Crippen LogP contribution is -2.42. The van der Waals surface area contributed by atoms with Crippen molar-refractivity contribution in [2.45, 2.75) is 39.2 Å². The maximum absolute atomic E-state index is 11.7. The number of nitrogens with one attached hydrogen (secondary N) is 1. The highest BCUT2D eigenvalue weighted by Crippen LogP contribution is 2.07. The van der Waals surface area contributed by atoms with Gasteiger partial charge < -0.3 is 5.32 Å². The molecule has 1 N–H and O–H groups in total. The lowest BCUT2D eigenvalue weighted by atomic mass is 10.0. The smallest absolute Gasteiger partial charge is 0.221 e. The van der Waals surface area contributed by atoms with Gasteiger partial charge in [-0.3, -0.25) is 4.79 Å². The molecule has 0 bridgehead atoms. The second-order valence-corrected chi connectivity index (χ2v) is 4.81. The number of rotatable bonds is 4. The van der Waals surface area contributed by atoms with E-state index >= 15 is 0 Å². The number of terminal acetylenes is 1. The fourth-order valence-corrected chi connectivity index (χ4v) is 1.57. The topological polar surface area (TPSA) is 29.1 Å². The number of hydrogen-bond donors (Lipinski definition) is 1. The Morgan fingerprint density at radius 2 is 2.18 bits per heavy atom. The SMILES string of the molecule is C#CC(C)(C)NC(=O)CCc1cccc(C)c1. The molecule has 0 heterocycles. The highest BCUT2D eigenvalue weighted by atomic mass is 16.1. The predicted molar refractivity (Wildman–Crippen MR) is 70.6 cm³/mol. The van der Waals surface area contributed by atoms with E-state index in [1.54, 1.807) is 0 Å². The van der Waals surface area contributed by atoms with E-state index in [4.69, 9.17) is 6.42 Å². The van der Waals surface area contributed by atoms with Gasteiger partial charge in [0.1, 0.15) is 0 Å². The van der Waals surface area contributed by atoms with Crippen LogP contribution in [-0.4, -0.2) is 11.4 Å². The second kappa shape index (κ2) is 5.54. The number of hydrogen-bond acceptors (Lipinski definition) is 1. The molecule has 0 saturated heterocycles. The third-order valence-electron chi connectivity index (χ3n) is 2.54. The van der Waals surface area contributed by atoms with Gasteiger partial charge in [-0.15, -0.1) is 6.42 Å². The monoisotopic (exact) mass is 229 g/mol. The molecule has 0 spiro atoms. The molecule has 90 valence electrons. The van der Waals surface area contributed by atoms with Crippen LogP contribution in [0.4, 0.5) is 0 Å². The number of carbonyl (C=O) groups excluding carboxylic acids is 1. The molecule has 0 atom stereocenters. The highest BCUT2D eigenvalue weighted by Gasteiger charge is 2.16. The first-order valence-corrected chi connectivity index (χ1v) is 5.77. The minimum atomic E-state index is -0.566. The van der Waals surface area contributed by atoms with E-state index in [9.17, 15) is 4.79 Å². The van der Waals surface area contributed by atoms with E-state index in [-0.39, 0.29) is 5.91 Å². The summed E-state index contributed by atoms with van der Waals surface area (Å²) in [7, 11) is 0. The maximum Gasteiger partial charge on any atom is 0.221 e. The Morgan fingerprint density at radius 3 is 2.76 bits per heavy atom. The Morgan fingerprint density at radius 1 is 1.47 bits per heavy atom. The van der Waals surface area contributed by atoms with Gasteiger partial charge in [0.15, 0.2) is 0 Å². The fourth-order valence-electron chi connectivity index (χ4n) is 1.57. The molecule has 0 fully saturated rings. The lowest BCUT2D eigenvalue weighted by molar-refractivity contribution is -0.122. The van der Waals surface area contributed by atoms with Gasteiger partial charge in [0.05, 0.1) is 5.54 Å². The first-order valence-electron chi connectivity index (χ1n) is 5.77. The number of aryl methyl sites for hydroxylation is 2. The molecule has 1 aromatic rings. The van der Waals surface area contributed by atoms with E-state index in [1.165, 1.54) is 11.1 Å². The van der Waals surface area contributed by atoms with Crippen LogP contribution < -0.4 is 5.32 Å². The Kier molecular flexibility index (Phi) is 4.34. The van der Waals surface area contributed by atoms with Crippen molar-refractivity contribution in [1.29, 1.82) is 0 Å². The third-order valence-corrected chi connectivity index (χ3v) is 2.54. The summed E-state index contributed by atoms with van der Waals surface area (Å²) >= 11 is 0. The molecule has 2 nitrogen and oxygen atoms in total. The van der Waals surface area contributed by atoms with Gasteiger partial charge in [0.2, 0.25) is 5.91 Å². The Bertz CT molecular complexity index is 440. The van der Waals surface area contributed by atoms with Gasteiger partial charge in [-0.25, -0.2) is 0 Å². The largest absolute Gasteiger partial charge is 0.340 e. The summed E-state index contributed by atoms with van der Waals surface area (Å²) in [5.74, 6) is 2.54. The van der Waals surface area contributed by atoms with E-state index in [0.29, 0.717) is 6.42 Å². The van der Waals surface area contributed by atoms with Gasteiger partial charge in [0.25, 0.3) is 0 Å². The molecule has 1 amide bonds. The summed E-state index contributed by atoms with van der Waals surface area (Å²) in [6.07, 6.45) is 6.53. The van der Waals surface area contributed by atoms with Crippen LogP contribution in [0.3, 0.4) is 0 Å². The Hall–Kier alpha value is -1.75. The number of carbonyl (C=O) groups is 1. The van der Waals surface area contributed by atoms with Crippen molar-refractivity contribution in [2.24, 2.45) is 0 Å². The van der Waals surface area contributed by atoms with Crippen molar-refractivity contribution in [3.05, 3.63) is 35.4 Å². The zero-order chi connectivity index (χ0) is 12.9. The maximum atomic E-state index is 11.7. The summed E-state index contributed by atoms with van der Waals surface area (Å²) in [5, 5.41) is 2.82. The molecule has 0 aromatic heterocycles. The van der Waals surface area contributed by atoms with Crippen molar-refractivity contribution >= 4 is 5.91 Å². The summed E-state index contributed by atoms with van der Waals surface area (Å²) in [4.78, 5) is 11.7. The first-order chi connectivity index (χ1) is 7.93. The van der Waals surface area contributed by atoms with Crippen LogP contribution in [0, 0.1) is 19.3 Å². The van der Waals surface area contributed by atoms with Gasteiger partial charge in [-0.05, 0) is 32.8 Å². The second-order valence-electron chi connectivity index (χ2n) is 4.81. The lowest BCUT2D eigenvalue weighted by Gasteiger charge is -2.19. The average molecular weight is 229 g/mol. The molecule has 0 aliphatic rings. The Balaban J connectivity index is 2.47. The molecule has 1 aromatic carbocycles. The number of benzene rings is 1. The van der Waals surface area contributed by atoms with E-state index in [0.717, 1.165) is 6.42 Å². The highest BCUT2D eigenvalue weighted by molar-refractivity contribution is 5.77. The first kappa shape index (κ1) is 13.3. The Labute approximate surface area is 103 Å². The fraction of sp³-hybridized carbons (Fsp3) is 0.400. The molecular weight excluding hydrogens is 210 g/mol. The van der Waals surface area contributed by atoms with Gasteiger partial charge >= 0.3 is 0 Å². The minimum absolute atomic E-state index is 0.00513. The predicted octanol–water partition coefficient (Wildman–Crippen LogP) is 2.46. The van der Waals surface area contributed by atoms with Gasteiger partial charge in [-0.2, -0.15) is 0 Å². The minimum Gasteiger partial charge on any atom is -0.340 e.